The summed E-state index contributed by atoms with van der Waals surface area (Å²) in [5, 5.41) is 0. The van der Waals surface area contributed by atoms with Gasteiger partial charge >= 0.3 is 0 Å². The van der Waals surface area contributed by atoms with Crippen molar-refractivity contribution in [1.82, 2.24) is 4.90 Å². The molecule has 0 saturated carbocycles. The molecule has 1 heteroatoms. The minimum Gasteiger partial charge on any atom is -0.295 e. The molecule has 0 bridgehead atoms. The molecule has 2 rings (SSSR count). The van der Waals surface area contributed by atoms with Crippen molar-refractivity contribution < 1.29 is 0 Å². The zero-order chi connectivity index (χ0) is 21.2. The maximum absolute atomic E-state index is 3.81. The molecule has 0 aliphatic rings. The molecule has 0 spiro atoms. The zero-order valence-corrected chi connectivity index (χ0v) is 18.9. The Hall–Kier alpha value is -2.12. The van der Waals surface area contributed by atoms with Gasteiger partial charge in [-0.1, -0.05) is 121 Å². The molecule has 0 amide bonds. The van der Waals surface area contributed by atoms with Crippen molar-refractivity contribution in [1.29, 1.82) is 0 Å². The summed E-state index contributed by atoms with van der Waals surface area (Å²) in [6, 6.07) is 17.4. The Morgan fingerprint density at radius 1 is 0.714 bits per heavy atom. The Balaban J connectivity index is 0.00000133. The van der Waals surface area contributed by atoms with Gasteiger partial charge in [-0.05, 0) is 35.2 Å². The Labute approximate surface area is 174 Å². The summed E-state index contributed by atoms with van der Waals surface area (Å²) >= 11 is 0. The van der Waals surface area contributed by atoms with E-state index in [1.807, 2.05) is 26.0 Å². The van der Waals surface area contributed by atoms with Crippen LogP contribution in [0.3, 0.4) is 0 Å². The van der Waals surface area contributed by atoms with Gasteiger partial charge in [-0.3, -0.25) is 4.90 Å². The maximum atomic E-state index is 3.81. The fourth-order valence-electron chi connectivity index (χ4n) is 2.63. The lowest BCUT2D eigenvalue weighted by molar-refractivity contribution is 0.252. The average molecular weight is 380 g/mol. The van der Waals surface area contributed by atoms with Crippen LogP contribution >= 0.6 is 0 Å². The van der Waals surface area contributed by atoms with Gasteiger partial charge in [-0.2, -0.15) is 0 Å². The van der Waals surface area contributed by atoms with E-state index in [0.717, 1.165) is 19.6 Å². The minimum absolute atomic E-state index is 0.987. The first kappa shape index (κ1) is 25.9. The van der Waals surface area contributed by atoms with Crippen LogP contribution in [-0.4, -0.2) is 11.4 Å². The number of hydrogen-bond donors (Lipinski definition) is 0. The lowest BCUT2D eigenvalue weighted by Crippen LogP contribution is -2.24. The third-order valence-corrected chi connectivity index (χ3v) is 4.07. The summed E-state index contributed by atoms with van der Waals surface area (Å²) in [6.07, 6.45) is 7.48. The summed E-state index contributed by atoms with van der Waals surface area (Å²) in [7, 11) is 0. The molecule has 0 heterocycles. The van der Waals surface area contributed by atoms with Crippen LogP contribution in [0.2, 0.25) is 0 Å². The number of benzene rings is 2. The van der Waals surface area contributed by atoms with Crippen LogP contribution in [0.15, 0.2) is 61.7 Å². The molecule has 0 radical (unpaired) electrons. The highest BCUT2D eigenvalue weighted by Crippen LogP contribution is 2.14. The summed E-state index contributed by atoms with van der Waals surface area (Å²) in [6.45, 7) is 21.2. The van der Waals surface area contributed by atoms with E-state index in [-0.39, 0.29) is 0 Å². The van der Waals surface area contributed by atoms with E-state index in [1.165, 1.54) is 41.5 Å². The van der Waals surface area contributed by atoms with E-state index in [2.05, 4.69) is 87.4 Å². The molecule has 0 N–H and O–H groups in total. The van der Waals surface area contributed by atoms with Crippen LogP contribution < -0.4 is 0 Å². The number of hydrogen-bond acceptors (Lipinski definition) is 1. The van der Waals surface area contributed by atoms with E-state index < -0.39 is 0 Å². The van der Waals surface area contributed by atoms with E-state index >= 15 is 0 Å². The normalized spacial score (nSPS) is 9.64. The molecule has 2 aromatic rings. The fourth-order valence-corrected chi connectivity index (χ4v) is 2.63. The highest BCUT2D eigenvalue weighted by molar-refractivity contribution is 5.47. The molecular weight excluding hydrogens is 338 g/mol. The second-order valence-corrected chi connectivity index (χ2v) is 6.66. The minimum atomic E-state index is 0.987. The molecule has 0 aromatic heterocycles. The highest BCUT2D eigenvalue weighted by Gasteiger charge is 2.07. The number of rotatable bonds is 9. The lowest BCUT2D eigenvalue weighted by atomic mass is 10.1. The van der Waals surface area contributed by atoms with E-state index in [9.17, 15) is 0 Å². The molecule has 28 heavy (non-hydrogen) atoms. The molecular formula is C27H41N. The second kappa shape index (κ2) is 17.0. The first-order valence-corrected chi connectivity index (χ1v) is 10.8. The van der Waals surface area contributed by atoms with Gasteiger partial charge in [0, 0.05) is 13.1 Å². The quantitative estimate of drug-likeness (QED) is 0.424. The van der Waals surface area contributed by atoms with Gasteiger partial charge < -0.3 is 0 Å². The number of nitrogens with zero attached hydrogens (tertiary/aromatic N) is 1. The van der Waals surface area contributed by atoms with E-state index in [0.29, 0.717) is 0 Å². The summed E-state index contributed by atoms with van der Waals surface area (Å²) in [5.74, 6) is 0. The van der Waals surface area contributed by atoms with Crippen molar-refractivity contribution in [2.45, 2.75) is 67.0 Å². The molecule has 154 valence electrons. The molecule has 0 aliphatic heterocycles. The highest BCUT2D eigenvalue weighted by atomic mass is 15.1. The Morgan fingerprint density at radius 2 is 1.07 bits per heavy atom. The average Bonchev–Trinajstić information content (AvgIpc) is 2.75. The van der Waals surface area contributed by atoms with Gasteiger partial charge in [0.25, 0.3) is 0 Å². The Morgan fingerprint density at radius 3 is 1.36 bits per heavy atom. The smallest absolute Gasteiger partial charge is 0.0237 e. The predicted octanol–water partition coefficient (Wildman–Crippen LogP) is 8.22. The topological polar surface area (TPSA) is 3.24 Å². The first-order valence-electron chi connectivity index (χ1n) is 10.8. The van der Waals surface area contributed by atoms with Crippen molar-refractivity contribution in [2.24, 2.45) is 0 Å². The van der Waals surface area contributed by atoms with Crippen molar-refractivity contribution in [2.75, 3.05) is 6.54 Å². The van der Waals surface area contributed by atoms with Crippen LogP contribution in [0.5, 0.6) is 0 Å². The van der Waals surface area contributed by atoms with Crippen LogP contribution in [0.1, 0.15) is 76.1 Å². The van der Waals surface area contributed by atoms with Gasteiger partial charge in [0.1, 0.15) is 0 Å². The van der Waals surface area contributed by atoms with E-state index in [1.54, 1.807) is 0 Å². The van der Waals surface area contributed by atoms with Crippen molar-refractivity contribution in [3.8, 4) is 0 Å². The molecule has 1 nitrogen and oxygen atoms in total. The standard InChI is InChI=1S/C22H27N.C3H8.C2H6/c1-4-7-16-23(17-21-12-8-19(5-2)9-13-21)18-22-14-10-20(6-3)11-15-22;1-3-2;1-2/h5-6,8-15H,2-4,7,16-18H2,1H3;3H2,1-2H3;1-2H3. The van der Waals surface area contributed by atoms with Gasteiger partial charge in [-0.25, -0.2) is 0 Å². The predicted molar refractivity (Wildman–Crippen MR) is 129 cm³/mol. The number of unbranched alkanes of at least 4 members (excludes halogenated alkanes) is 1. The van der Waals surface area contributed by atoms with Gasteiger partial charge in [-0.15, -0.1) is 0 Å². The van der Waals surface area contributed by atoms with Crippen LogP contribution in [0, 0.1) is 0 Å². The van der Waals surface area contributed by atoms with Crippen LogP contribution in [-0.2, 0) is 13.1 Å². The van der Waals surface area contributed by atoms with Crippen LogP contribution in [0.25, 0.3) is 12.2 Å². The molecule has 0 saturated heterocycles. The maximum Gasteiger partial charge on any atom is 0.0237 e. The zero-order valence-electron chi connectivity index (χ0n) is 18.9. The van der Waals surface area contributed by atoms with Crippen molar-refractivity contribution in [3.05, 3.63) is 83.9 Å². The fraction of sp³-hybridized carbons (Fsp3) is 0.407. The van der Waals surface area contributed by atoms with Gasteiger partial charge in [0.05, 0.1) is 0 Å². The molecule has 0 unspecified atom stereocenters. The lowest BCUT2D eigenvalue weighted by Gasteiger charge is -2.22. The molecule has 2 aromatic carbocycles. The third-order valence-electron chi connectivity index (χ3n) is 4.07. The van der Waals surface area contributed by atoms with Gasteiger partial charge in [0.2, 0.25) is 0 Å². The van der Waals surface area contributed by atoms with Crippen molar-refractivity contribution in [3.63, 3.8) is 0 Å². The third kappa shape index (κ3) is 10.9. The summed E-state index contributed by atoms with van der Waals surface area (Å²) < 4.78 is 0. The Kier molecular flexibility index (Phi) is 15.7. The molecule has 0 aliphatic carbocycles. The summed E-state index contributed by atoms with van der Waals surface area (Å²) in [4.78, 5) is 2.52. The first-order chi connectivity index (χ1) is 13.7. The van der Waals surface area contributed by atoms with E-state index in [4.69, 9.17) is 0 Å². The SMILES string of the molecule is C=Cc1ccc(CN(CCCC)Cc2ccc(C=C)cc2)cc1.CC.CCC. The van der Waals surface area contributed by atoms with Crippen molar-refractivity contribution >= 4 is 12.2 Å². The Bertz CT molecular complexity index is 569. The van der Waals surface area contributed by atoms with Crippen LogP contribution in [0.4, 0.5) is 0 Å². The molecule has 0 fully saturated rings. The van der Waals surface area contributed by atoms with Gasteiger partial charge in [0.15, 0.2) is 0 Å². The monoisotopic (exact) mass is 379 g/mol. The largest absolute Gasteiger partial charge is 0.295 e. The summed E-state index contributed by atoms with van der Waals surface area (Å²) in [5.41, 5.74) is 5.06. The second-order valence-electron chi connectivity index (χ2n) is 6.66. The molecule has 0 atom stereocenters.